The van der Waals surface area contributed by atoms with Crippen molar-refractivity contribution in [3.8, 4) is 0 Å². The van der Waals surface area contributed by atoms with Crippen molar-refractivity contribution in [1.82, 2.24) is 4.98 Å². The van der Waals surface area contributed by atoms with Crippen LogP contribution in [-0.2, 0) is 15.0 Å². The zero-order valence-electron chi connectivity index (χ0n) is 9.31. The Hall–Kier alpha value is -1.12. The lowest BCUT2D eigenvalue weighted by Crippen LogP contribution is -2.27. The Morgan fingerprint density at radius 2 is 2.11 bits per heavy atom. The van der Waals surface area contributed by atoms with E-state index < -0.39 is 27.8 Å². The number of hydrogen-bond acceptors (Lipinski definition) is 5. The van der Waals surface area contributed by atoms with Crippen molar-refractivity contribution in [1.29, 1.82) is 0 Å². The fraction of sp³-hybridized carbons (Fsp3) is 0.333. The summed E-state index contributed by atoms with van der Waals surface area (Å²) >= 11 is 11.4. The molecule has 1 atom stereocenters. The number of pyridine rings is 1. The number of rotatable bonds is 2. The molecule has 1 fully saturated rings. The maximum atomic E-state index is 12.9. The number of amides is 1. The van der Waals surface area contributed by atoms with E-state index in [2.05, 4.69) is 4.98 Å². The molecular formula is C9H8Cl2FN3O3S. The lowest BCUT2D eigenvalue weighted by atomic mass is 10.3. The van der Waals surface area contributed by atoms with Crippen molar-refractivity contribution in [2.45, 2.75) is 11.7 Å². The largest absolute Gasteiger partial charge is 0.395 e. The summed E-state index contributed by atoms with van der Waals surface area (Å²) in [6.45, 7) is -0.335. The molecule has 1 aliphatic heterocycles. The molecule has 0 bridgehead atoms. The molecule has 2 heterocycles. The van der Waals surface area contributed by atoms with Gasteiger partial charge in [-0.15, -0.1) is 3.89 Å². The highest BCUT2D eigenvalue weighted by Crippen LogP contribution is 2.35. The van der Waals surface area contributed by atoms with Crippen molar-refractivity contribution >= 4 is 50.7 Å². The predicted octanol–water partition coefficient (Wildman–Crippen LogP) is 1.38. The molecule has 1 amide bonds. The van der Waals surface area contributed by atoms with Crippen molar-refractivity contribution in [3.05, 3.63) is 16.4 Å². The van der Waals surface area contributed by atoms with Gasteiger partial charge in [0.1, 0.15) is 10.4 Å². The summed E-state index contributed by atoms with van der Waals surface area (Å²) in [5.74, 6) is -0.573. The van der Waals surface area contributed by atoms with Gasteiger partial charge in [-0.2, -0.15) is 8.42 Å². The maximum Gasteiger partial charge on any atom is 0.307 e. The summed E-state index contributed by atoms with van der Waals surface area (Å²) in [7, 11) is -4.79. The van der Waals surface area contributed by atoms with Crippen LogP contribution in [0.3, 0.4) is 0 Å². The van der Waals surface area contributed by atoms with E-state index in [1.807, 2.05) is 0 Å². The van der Waals surface area contributed by atoms with E-state index >= 15 is 0 Å². The smallest absolute Gasteiger partial charge is 0.307 e. The van der Waals surface area contributed by atoms with E-state index in [9.17, 15) is 17.1 Å². The van der Waals surface area contributed by atoms with Crippen molar-refractivity contribution in [2.24, 2.45) is 0 Å². The predicted molar refractivity (Wildman–Crippen MR) is 69.5 cm³/mol. The second kappa shape index (κ2) is 4.77. The van der Waals surface area contributed by atoms with Crippen LogP contribution < -0.4 is 10.6 Å². The monoisotopic (exact) mass is 327 g/mol. The maximum absolute atomic E-state index is 12.9. The van der Waals surface area contributed by atoms with Gasteiger partial charge in [-0.25, -0.2) is 4.98 Å². The first-order chi connectivity index (χ1) is 8.70. The molecule has 0 aromatic carbocycles. The molecule has 1 saturated heterocycles. The molecule has 1 aromatic heterocycles. The topological polar surface area (TPSA) is 93.4 Å². The summed E-state index contributed by atoms with van der Waals surface area (Å²) < 4.78 is 34.6. The molecule has 6 nitrogen and oxygen atoms in total. The van der Waals surface area contributed by atoms with Crippen LogP contribution in [0, 0.1) is 0 Å². The number of carbonyl (C=O) groups excluding carboxylic acids is 1. The van der Waals surface area contributed by atoms with Crippen LogP contribution in [0.4, 0.5) is 15.3 Å². The highest BCUT2D eigenvalue weighted by molar-refractivity contribution is 7.87. The van der Waals surface area contributed by atoms with E-state index in [1.165, 1.54) is 6.07 Å². The molecule has 0 spiro atoms. The number of anilines is 2. The van der Waals surface area contributed by atoms with Gasteiger partial charge in [0, 0.05) is 19.0 Å². The van der Waals surface area contributed by atoms with Gasteiger partial charge in [0.25, 0.3) is 0 Å². The average Bonchev–Trinajstić information content (AvgIpc) is 2.65. The molecule has 19 heavy (non-hydrogen) atoms. The number of nitrogen functional groups attached to an aromatic ring is 1. The number of hydrogen-bond donors (Lipinski definition) is 1. The van der Waals surface area contributed by atoms with Gasteiger partial charge >= 0.3 is 10.2 Å². The van der Waals surface area contributed by atoms with Gasteiger partial charge < -0.3 is 10.6 Å². The lowest BCUT2D eigenvalue weighted by molar-refractivity contribution is -0.117. The quantitative estimate of drug-likeness (QED) is 0.654. The molecule has 104 valence electrons. The van der Waals surface area contributed by atoms with Gasteiger partial charge in [-0.3, -0.25) is 4.79 Å². The summed E-state index contributed by atoms with van der Waals surface area (Å²) in [4.78, 5) is 16.5. The summed E-state index contributed by atoms with van der Waals surface area (Å²) in [5.41, 5.74) is 5.77. The number of nitrogens with two attached hydrogens (primary N) is 1. The van der Waals surface area contributed by atoms with Crippen molar-refractivity contribution in [3.63, 3.8) is 0 Å². The molecule has 0 aliphatic carbocycles. The normalized spacial score (nSPS) is 20.1. The van der Waals surface area contributed by atoms with E-state index in [0.29, 0.717) is 0 Å². The standard InChI is InChI=1S/C9H8Cl2FN3O3S/c10-6-2-5(8(13)9(11)14-6)15-3-4(1-7(15)16)19(12,17)18/h2,4H,1,3,13H2. The summed E-state index contributed by atoms with van der Waals surface area (Å²) in [6, 6.07) is 1.27. The Balaban J connectivity index is 2.41. The molecule has 2 rings (SSSR count). The van der Waals surface area contributed by atoms with Gasteiger partial charge in [0.15, 0.2) is 5.15 Å². The van der Waals surface area contributed by atoms with Crippen LogP contribution in [0.5, 0.6) is 0 Å². The minimum atomic E-state index is -4.79. The molecule has 1 aliphatic rings. The van der Waals surface area contributed by atoms with Crippen LogP contribution in [0.1, 0.15) is 6.42 Å². The van der Waals surface area contributed by atoms with Crippen LogP contribution in [0.15, 0.2) is 6.07 Å². The second-order valence-corrected chi connectivity index (χ2v) is 6.34. The molecule has 1 aromatic rings. The van der Waals surface area contributed by atoms with E-state index in [1.54, 1.807) is 0 Å². The van der Waals surface area contributed by atoms with Gasteiger partial charge in [0.05, 0.1) is 11.4 Å². The zero-order valence-corrected chi connectivity index (χ0v) is 11.6. The third-order valence-corrected chi connectivity index (χ3v) is 4.33. The third kappa shape index (κ3) is 2.75. The van der Waals surface area contributed by atoms with Gasteiger partial charge in [0.2, 0.25) is 5.91 Å². The van der Waals surface area contributed by atoms with Crippen molar-refractivity contribution in [2.75, 3.05) is 17.2 Å². The van der Waals surface area contributed by atoms with E-state index in [4.69, 9.17) is 28.9 Å². The molecule has 0 radical (unpaired) electrons. The van der Waals surface area contributed by atoms with Crippen LogP contribution in [0.25, 0.3) is 0 Å². The minimum Gasteiger partial charge on any atom is -0.395 e. The summed E-state index contributed by atoms with van der Waals surface area (Å²) in [6.07, 6.45) is -0.449. The number of carbonyl (C=O) groups is 1. The molecular weight excluding hydrogens is 320 g/mol. The molecule has 2 N–H and O–H groups in total. The first-order valence-corrected chi connectivity index (χ1v) is 7.25. The Kier molecular flexibility index (Phi) is 3.59. The minimum absolute atomic E-state index is 0.00597. The van der Waals surface area contributed by atoms with Crippen LogP contribution in [0.2, 0.25) is 10.3 Å². The fourth-order valence-corrected chi connectivity index (χ4v) is 2.89. The Bertz CT molecular complexity index is 652. The van der Waals surface area contributed by atoms with E-state index in [-0.39, 0.29) is 28.2 Å². The average molecular weight is 328 g/mol. The molecule has 0 saturated carbocycles. The van der Waals surface area contributed by atoms with Crippen LogP contribution >= 0.6 is 23.2 Å². The van der Waals surface area contributed by atoms with Crippen molar-refractivity contribution < 1.29 is 17.1 Å². The van der Waals surface area contributed by atoms with Gasteiger partial charge in [-0.1, -0.05) is 23.2 Å². The fourth-order valence-electron chi connectivity index (χ4n) is 1.80. The highest BCUT2D eigenvalue weighted by Gasteiger charge is 2.40. The number of aromatic nitrogens is 1. The number of halogens is 3. The summed E-state index contributed by atoms with van der Waals surface area (Å²) in [5, 5.41) is -1.53. The first kappa shape index (κ1) is 14.3. The third-order valence-electron chi connectivity index (χ3n) is 2.74. The Morgan fingerprint density at radius 3 is 2.63 bits per heavy atom. The molecule has 1 unspecified atom stereocenters. The SMILES string of the molecule is Nc1c(N2CC(S(=O)(=O)F)CC2=O)cc(Cl)nc1Cl. The van der Waals surface area contributed by atoms with E-state index in [0.717, 1.165) is 4.90 Å². The lowest BCUT2D eigenvalue weighted by Gasteiger charge is -2.18. The highest BCUT2D eigenvalue weighted by atomic mass is 35.5. The second-order valence-electron chi connectivity index (χ2n) is 3.97. The molecule has 10 heteroatoms. The van der Waals surface area contributed by atoms with Crippen LogP contribution in [-0.4, -0.2) is 31.1 Å². The van der Waals surface area contributed by atoms with Gasteiger partial charge in [-0.05, 0) is 0 Å². The Morgan fingerprint density at radius 1 is 1.47 bits per heavy atom. The number of nitrogens with zero attached hydrogens (tertiary/aromatic N) is 2. The first-order valence-electron chi connectivity index (χ1n) is 5.05. The zero-order chi connectivity index (χ0) is 14.4. The Labute approximate surface area is 118 Å².